The molecule has 0 aliphatic carbocycles. The fourth-order valence-electron chi connectivity index (χ4n) is 2.76. The largest absolute Gasteiger partial charge is 0.356 e. The summed E-state index contributed by atoms with van der Waals surface area (Å²) in [6.07, 6.45) is 0.734. The van der Waals surface area contributed by atoms with Crippen molar-refractivity contribution in [3.8, 4) is 0 Å². The van der Waals surface area contributed by atoms with Crippen LogP contribution in [-0.4, -0.2) is 63.7 Å². The summed E-state index contributed by atoms with van der Waals surface area (Å²) in [5.41, 5.74) is 0. The van der Waals surface area contributed by atoms with Crippen LogP contribution in [0.1, 0.15) is 19.8 Å². The highest BCUT2D eigenvalue weighted by molar-refractivity contribution is 7.92. The number of benzene rings is 1. The number of nitrogens with one attached hydrogen (secondary N) is 2. The van der Waals surface area contributed by atoms with Crippen LogP contribution in [-0.2, 0) is 14.6 Å². The Morgan fingerprint density at radius 2 is 1.88 bits per heavy atom. The highest BCUT2D eigenvalue weighted by Gasteiger charge is 2.25. The van der Waals surface area contributed by atoms with Crippen molar-refractivity contribution in [1.82, 2.24) is 15.5 Å². The standard InChI is InChI=1S/C17H26FN3O3S.ClH/c1-14(25(23,24)16-5-3-15(18)4-6-16)13-17(22)20-7-2-10-21-11-8-19-9-12-21;/h3-6,14,19H,2,7-13H2,1H3,(H,20,22);1H. The van der Waals surface area contributed by atoms with Crippen molar-refractivity contribution in [2.24, 2.45) is 0 Å². The van der Waals surface area contributed by atoms with Gasteiger partial charge in [-0.25, -0.2) is 12.8 Å². The zero-order valence-corrected chi connectivity index (χ0v) is 16.5. The van der Waals surface area contributed by atoms with Crippen molar-refractivity contribution in [3.63, 3.8) is 0 Å². The lowest BCUT2D eigenvalue weighted by atomic mass is 10.3. The van der Waals surface area contributed by atoms with Crippen molar-refractivity contribution in [1.29, 1.82) is 0 Å². The second-order valence-electron chi connectivity index (χ2n) is 6.31. The lowest BCUT2D eigenvalue weighted by Crippen LogP contribution is -2.44. The Hall–Kier alpha value is -1.22. The van der Waals surface area contributed by atoms with Gasteiger partial charge in [-0.05, 0) is 44.2 Å². The summed E-state index contributed by atoms with van der Waals surface area (Å²) in [6, 6.07) is 4.67. The van der Waals surface area contributed by atoms with Crippen molar-refractivity contribution in [2.45, 2.75) is 29.9 Å². The lowest BCUT2D eigenvalue weighted by molar-refractivity contribution is -0.121. The fourth-order valence-corrected chi connectivity index (χ4v) is 4.12. The Bertz CT molecular complexity index is 664. The molecule has 1 fully saturated rings. The van der Waals surface area contributed by atoms with Crippen LogP contribution in [0.3, 0.4) is 0 Å². The van der Waals surface area contributed by atoms with Crippen molar-refractivity contribution in [3.05, 3.63) is 30.1 Å². The number of carbonyl (C=O) groups is 1. The first-order valence-corrected chi connectivity index (χ1v) is 10.1. The average Bonchev–Trinajstić information content (AvgIpc) is 2.60. The Kier molecular flexibility index (Phi) is 9.49. The molecular formula is C17H27ClFN3O3S. The molecule has 0 spiro atoms. The van der Waals surface area contributed by atoms with Gasteiger partial charge in [-0.2, -0.15) is 0 Å². The maximum atomic E-state index is 12.9. The molecule has 1 saturated heterocycles. The summed E-state index contributed by atoms with van der Waals surface area (Å²) >= 11 is 0. The van der Waals surface area contributed by atoms with Crippen LogP contribution in [0.4, 0.5) is 4.39 Å². The minimum atomic E-state index is -3.64. The molecule has 0 aromatic heterocycles. The van der Waals surface area contributed by atoms with E-state index in [1.165, 1.54) is 19.1 Å². The van der Waals surface area contributed by atoms with Crippen molar-refractivity contribution >= 4 is 28.2 Å². The number of rotatable bonds is 8. The molecule has 0 bridgehead atoms. The van der Waals surface area contributed by atoms with Crippen LogP contribution in [0.25, 0.3) is 0 Å². The number of piperazine rings is 1. The Morgan fingerprint density at radius 3 is 2.50 bits per heavy atom. The molecule has 1 aliphatic rings. The minimum absolute atomic E-state index is 0. The normalized spacial score (nSPS) is 16.5. The van der Waals surface area contributed by atoms with Gasteiger partial charge in [0.15, 0.2) is 9.84 Å². The van der Waals surface area contributed by atoms with E-state index in [4.69, 9.17) is 0 Å². The molecule has 6 nitrogen and oxygen atoms in total. The number of hydrogen-bond donors (Lipinski definition) is 2. The number of hydrogen-bond acceptors (Lipinski definition) is 5. The number of amides is 1. The first-order chi connectivity index (χ1) is 11.9. The highest BCUT2D eigenvalue weighted by Crippen LogP contribution is 2.18. The predicted molar refractivity (Wildman–Crippen MR) is 102 cm³/mol. The Balaban J connectivity index is 0.00000338. The van der Waals surface area contributed by atoms with Crippen LogP contribution in [0.5, 0.6) is 0 Å². The summed E-state index contributed by atoms with van der Waals surface area (Å²) < 4.78 is 37.7. The number of nitrogens with zero attached hydrogens (tertiary/aromatic N) is 1. The van der Waals surface area contributed by atoms with Crippen molar-refractivity contribution < 1.29 is 17.6 Å². The van der Waals surface area contributed by atoms with Crippen LogP contribution in [0.15, 0.2) is 29.2 Å². The molecule has 148 valence electrons. The van der Waals surface area contributed by atoms with E-state index >= 15 is 0 Å². The summed E-state index contributed by atoms with van der Waals surface area (Å²) in [6.45, 7) is 6.97. The topological polar surface area (TPSA) is 78.5 Å². The predicted octanol–water partition coefficient (Wildman–Crippen LogP) is 1.21. The van der Waals surface area contributed by atoms with Crippen LogP contribution >= 0.6 is 12.4 Å². The Morgan fingerprint density at radius 1 is 1.27 bits per heavy atom. The smallest absolute Gasteiger partial charge is 0.221 e. The molecule has 26 heavy (non-hydrogen) atoms. The number of carbonyl (C=O) groups excluding carboxylic acids is 1. The molecule has 1 aliphatic heterocycles. The zero-order chi connectivity index (χ0) is 18.3. The quantitative estimate of drug-likeness (QED) is 0.500. The molecular weight excluding hydrogens is 381 g/mol. The van der Waals surface area contributed by atoms with Gasteiger partial charge >= 0.3 is 0 Å². The SMILES string of the molecule is CC(CC(=O)NCCCN1CCNCC1)S(=O)(=O)c1ccc(F)cc1.Cl. The van der Waals surface area contributed by atoms with Crippen molar-refractivity contribution in [2.75, 3.05) is 39.3 Å². The van der Waals surface area contributed by atoms with E-state index in [0.29, 0.717) is 6.54 Å². The van der Waals surface area contributed by atoms with Gasteiger partial charge in [0.1, 0.15) is 5.82 Å². The lowest BCUT2D eigenvalue weighted by Gasteiger charge is -2.27. The Labute approximate surface area is 160 Å². The van der Waals surface area contributed by atoms with E-state index in [2.05, 4.69) is 15.5 Å². The van der Waals surface area contributed by atoms with E-state index in [1.54, 1.807) is 0 Å². The molecule has 9 heteroatoms. The molecule has 2 N–H and O–H groups in total. The van der Waals surface area contributed by atoms with E-state index in [0.717, 1.165) is 51.3 Å². The van der Waals surface area contributed by atoms with Gasteiger partial charge in [-0.15, -0.1) is 12.4 Å². The monoisotopic (exact) mass is 407 g/mol. The van der Waals surface area contributed by atoms with Gasteiger partial charge in [0, 0.05) is 39.1 Å². The number of halogens is 2. The third-order valence-electron chi connectivity index (χ3n) is 4.33. The average molecular weight is 408 g/mol. The highest BCUT2D eigenvalue weighted by atomic mass is 35.5. The fraction of sp³-hybridized carbons (Fsp3) is 0.588. The first-order valence-electron chi connectivity index (χ1n) is 8.59. The summed E-state index contributed by atoms with van der Waals surface area (Å²) in [5.74, 6) is -0.771. The van der Waals surface area contributed by atoms with Gasteiger partial charge in [0.25, 0.3) is 0 Å². The van der Waals surface area contributed by atoms with Gasteiger partial charge in [0.05, 0.1) is 10.1 Å². The van der Waals surface area contributed by atoms with Gasteiger partial charge < -0.3 is 15.5 Å². The molecule has 2 rings (SSSR count). The summed E-state index contributed by atoms with van der Waals surface area (Å²) in [7, 11) is -3.64. The maximum absolute atomic E-state index is 12.9. The second kappa shape index (κ2) is 10.8. The van der Waals surface area contributed by atoms with Crippen LogP contribution in [0, 0.1) is 5.82 Å². The molecule has 1 heterocycles. The molecule has 1 amide bonds. The van der Waals surface area contributed by atoms with Crippen LogP contribution < -0.4 is 10.6 Å². The van der Waals surface area contributed by atoms with E-state index < -0.39 is 20.9 Å². The van der Waals surface area contributed by atoms with Gasteiger partial charge in [-0.1, -0.05) is 0 Å². The van der Waals surface area contributed by atoms with Crippen LogP contribution in [0.2, 0.25) is 0 Å². The molecule has 1 aromatic rings. The summed E-state index contributed by atoms with van der Waals surface area (Å²) in [4.78, 5) is 14.4. The molecule has 0 saturated carbocycles. The molecule has 1 aromatic carbocycles. The summed E-state index contributed by atoms with van der Waals surface area (Å²) in [5, 5.41) is 5.21. The molecule has 1 atom stereocenters. The zero-order valence-electron chi connectivity index (χ0n) is 14.9. The maximum Gasteiger partial charge on any atom is 0.221 e. The second-order valence-corrected chi connectivity index (χ2v) is 8.67. The molecule has 1 unspecified atom stereocenters. The van der Waals surface area contributed by atoms with Gasteiger partial charge in [0.2, 0.25) is 5.91 Å². The number of sulfone groups is 1. The van der Waals surface area contributed by atoms with E-state index in [1.807, 2.05) is 0 Å². The van der Waals surface area contributed by atoms with E-state index in [-0.39, 0.29) is 29.6 Å². The third kappa shape index (κ3) is 6.83. The molecule has 0 radical (unpaired) electrons. The minimum Gasteiger partial charge on any atom is -0.356 e. The third-order valence-corrected chi connectivity index (χ3v) is 6.48. The van der Waals surface area contributed by atoms with Gasteiger partial charge in [-0.3, -0.25) is 4.79 Å². The van der Waals surface area contributed by atoms with E-state index in [9.17, 15) is 17.6 Å². The first kappa shape index (κ1) is 22.8.